The van der Waals surface area contributed by atoms with E-state index in [9.17, 15) is 0 Å². The number of para-hydroxylation sites is 1. The summed E-state index contributed by atoms with van der Waals surface area (Å²) in [4.78, 5) is 8.03. The van der Waals surface area contributed by atoms with Crippen molar-refractivity contribution in [3.05, 3.63) is 57.4 Å². The van der Waals surface area contributed by atoms with Crippen LogP contribution in [0, 0.1) is 0 Å². The SMILES string of the molecule is CN(Cc1ccc(Cl)s1)c1cc(CN)nc2ccccc12. The van der Waals surface area contributed by atoms with Crippen molar-refractivity contribution in [3.63, 3.8) is 0 Å². The monoisotopic (exact) mass is 317 g/mol. The molecule has 2 aromatic heterocycles. The van der Waals surface area contributed by atoms with Gasteiger partial charge in [0.05, 0.1) is 22.1 Å². The van der Waals surface area contributed by atoms with Crippen LogP contribution in [0.3, 0.4) is 0 Å². The van der Waals surface area contributed by atoms with Gasteiger partial charge < -0.3 is 10.6 Å². The molecular formula is C16H16ClN3S. The van der Waals surface area contributed by atoms with Gasteiger partial charge >= 0.3 is 0 Å². The normalized spacial score (nSPS) is 11.0. The molecule has 5 heteroatoms. The van der Waals surface area contributed by atoms with Gasteiger partial charge in [-0.3, -0.25) is 4.98 Å². The Balaban J connectivity index is 2.01. The fraction of sp³-hybridized carbons (Fsp3) is 0.188. The number of halogens is 1. The van der Waals surface area contributed by atoms with E-state index in [1.165, 1.54) is 4.88 Å². The first-order chi connectivity index (χ1) is 10.2. The molecule has 3 nitrogen and oxygen atoms in total. The van der Waals surface area contributed by atoms with Crippen LogP contribution in [0.15, 0.2) is 42.5 Å². The molecule has 3 aromatic rings. The summed E-state index contributed by atoms with van der Waals surface area (Å²) in [5.41, 5.74) is 8.79. The molecule has 0 aliphatic rings. The molecular weight excluding hydrogens is 302 g/mol. The number of nitrogens with zero attached hydrogens (tertiary/aromatic N) is 2. The van der Waals surface area contributed by atoms with Gasteiger partial charge in [0.25, 0.3) is 0 Å². The van der Waals surface area contributed by atoms with E-state index in [4.69, 9.17) is 17.3 Å². The molecule has 0 amide bonds. The summed E-state index contributed by atoms with van der Waals surface area (Å²) in [6.45, 7) is 1.26. The van der Waals surface area contributed by atoms with Crippen molar-refractivity contribution in [1.29, 1.82) is 0 Å². The average Bonchev–Trinajstić information content (AvgIpc) is 2.91. The molecule has 0 bridgehead atoms. The van der Waals surface area contributed by atoms with Gasteiger partial charge in [-0.2, -0.15) is 0 Å². The fourth-order valence-corrected chi connectivity index (χ4v) is 3.53. The van der Waals surface area contributed by atoms with Crippen LogP contribution in [0.25, 0.3) is 10.9 Å². The molecule has 3 rings (SSSR count). The van der Waals surface area contributed by atoms with E-state index in [0.29, 0.717) is 6.54 Å². The molecule has 2 N–H and O–H groups in total. The van der Waals surface area contributed by atoms with Gasteiger partial charge in [-0.25, -0.2) is 0 Å². The lowest BCUT2D eigenvalue weighted by Gasteiger charge is -2.21. The lowest BCUT2D eigenvalue weighted by Crippen LogP contribution is -2.17. The van der Waals surface area contributed by atoms with Crippen LogP contribution in [-0.2, 0) is 13.1 Å². The van der Waals surface area contributed by atoms with Crippen LogP contribution < -0.4 is 10.6 Å². The van der Waals surface area contributed by atoms with Gasteiger partial charge in [-0.15, -0.1) is 11.3 Å². The highest BCUT2D eigenvalue weighted by molar-refractivity contribution is 7.16. The highest BCUT2D eigenvalue weighted by Crippen LogP contribution is 2.29. The van der Waals surface area contributed by atoms with Crippen LogP contribution in [0.5, 0.6) is 0 Å². The minimum absolute atomic E-state index is 0.441. The number of pyridine rings is 1. The maximum absolute atomic E-state index is 6.01. The molecule has 0 atom stereocenters. The van der Waals surface area contributed by atoms with Crippen molar-refractivity contribution < 1.29 is 0 Å². The summed E-state index contributed by atoms with van der Waals surface area (Å²) in [6, 6.07) is 14.2. The first kappa shape index (κ1) is 14.3. The molecule has 0 spiro atoms. The molecule has 1 aromatic carbocycles. The predicted molar refractivity (Wildman–Crippen MR) is 91.1 cm³/mol. The Bertz CT molecular complexity index is 769. The number of rotatable bonds is 4. The van der Waals surface area contributed by atoms with Crippen LogP contribution in [0.4, 0.5) is 5.69 Å². The molecule has 0 aliphatic carbocycles. The van der Waals surface area contributed by atoms with Gasteiger partial charge in [0.15, 0.2) is 0 Å². The third-order valence-electron chi connectivity index (χ3n) is 3.39. The van der Waals surface area contributed by atoms with Crippen LogP contribution >= 0.6 is 22.9 Å². The summed E-state index contributed by atoms with van der Waals surface area (Å²) in [6.07, 6.45) is 0. The van der Waals surface area contributed by atoms with Crippen molar-refractivity contribution in [2.45, 2.75) is 13.1 Å². The summed E-state index contributed by atoms with van der Waals surface area (Å²) in [5, 5.41) is 1.14. The standard InChI is InChI=1S/C16H16ClN3S/c1-20(10-12-6-7-16(17)21-12)15-8-11(9-18)19-14-5-3-2-4-13(14)15/h2-8H,9-10,18H2,1H3. The number of thiophene rings is 1. The Hall–Kier alpha value is -1.62. The Morgan fingerprint density at radius 2 is 2.05 bits per heavy atom. The fourth-order valence-electron chi connectivity index (χ4n) is 2.39. The number of anilines is 1. The van der Waals surface area contributed by atoms with Gasteiger partial charge in [-0.1, -0.05) is 29.8 Å². The van der Waals surface area contributed by atoms with Gasteiger partial charge in [0, 0.05) is 29.5 Å². The Labute approximate surface area is 133 Å². The smallest absolute Gasteiger partial charge is 0.0931 e. The zero-order chi connectivity index (χ0) is 14.8. The summed E-state index contributed by atoms with van der Waals surface area (Å²) in [5.74, 6) is 0. The molecule has 0 fully saturated rings. The molecule has 0 aliphatic heterocycles. The van der Waals surface area contributed by atoms with Crippen molar-refractivity contribution in [2.24, 2.45) is 5.73 Å². The second-order valence-electron chi connectivity index (χ2n) is 4.92. The van der Waals surface area contributed by atoms with E-state index in [1.807, 2.05) is 24.3 Å². The third kappa shape index (κ3) is 3.02. The van der Waals surface area contributed by atoms with E-state index in [0.717, 1.165) is 33.2 Å². The number of aromatic nitrogens is 1. The van der Waals surface area contributed by atoms with E-state index < -0.39 is 0 Å². The summed E-state index contributed by atoms with van der Waals surface area (Å²) >= 11 is 7.62. The maximum atomic E-state index is 6.01. The number of benzene rings is 1. The van der Waals surface area contributed by atoms with E-state index in [-0.39, 0.29) is 0 Å². The van der Waals surface area contributed by atoms with Crippen LogP contribution in [0.1, 0.15) is 10.6 Å². The van der Waals surface area contributed by atoms with Crippen molar-refractivity contribution >= 4 is 39.5 Å². The topological polar surface area (TPSA) is 42.1 Å². The molecule has 21 heavy (non-hydrogen) atoms. The zero-order valence-corrected chi connectivity index (χ0v) is 13.3. The summed E-state index contributed by atoms with van der Waals surface area (Å²) in [7, 11) is 2.08. The first-order valence-corrected chi connectivity index (χ1v) is 7.91. The molecule has 0 saturated carbocycles. The number of nitrogens with two attached hydrogens (primary N) is 1. The van der Waals surface area contributed by atoms with E-state index in [1.54, 1.807) is 11.3 Å². The van der Waals surface area contributed by atoms with Crippen molar-refractivity contribution in [3.8, 4) is 0 Å². The Morgan fingerprint density at radius 3 is 2.76 bits per heavy atom. The van der Waals surface area contributed by atoms with E-state index in [2.05, 4.69) is 35.1 Å². The average molecular weight is 318 g/mol. The van der Waals surface area contributed by atoms with Crippen LogP contribution in [-0.4, -0.2) is 12.0 Å². The minimum atomic E-state index is 0.441. The third-order valence-corrected chi connectivity index (χ3v) is 4.61. The first-order valence-electron chi connectivity index (χ1n) is 6.71. The lowest BCUT2D eigenvalue weighted by atomic mass is 10.1. The molecule has 0 radical (unpaired) electrons. The van der Waals surface area contributed by atoms with Gasteiger partial charge in [0.1, 0.15) is 0 Å². The molecule has 108 valence electrons. The molecule has 0 saturated heterocycles. The number of fused-ring (bicyclic) bond motifs is 1. The second-order valence-corrected chi connectivity index (χ2v) is 6.72. The zero-order valence-electron chi connectivity index (χ0n) is 11.7. The largest absolute Gasteiger partial charge is 0.369 e. The minimum Gasteiger partial charge on any atom is -0.369 e. The maximum Gasteiger partial charge on any atom is 0.0931 e. The Kier molecular flexibility index (Phi) is 4.10. The number of hydrogen-bond donors (Lipinski definition) is 1. The highest BCUT2D eigenvalue weighted by atomic mass is 35.5. The number of hydrogen-bond acceptors (Lipinski definition) is 4. The molecule has 0 unspecified atom stereocenters. The van der Waals surface area contributed by atoms with E-state index >= 15 is 0 Å². The highest BCUT2D eigenvalue weighted by Gasteiger charge is 2.10. The van der Waals surface area contributed by atoms with Crippen LogP contribution in [0.2, 0.25) is 4.34 Å². The molecule has 2 heterocycles. The Morgan fingerprint density at radius 1 is 1.24 bits per heavy atom. The second kappa shape index (κ2) is 6.02. The predicted octanol–water partition coefficient (Wildman–Crippen LogP) is 4.04. The summed E-state index contributed by atoms with van der Waals surface area (Å²) < 4.78 is 0.820. The van der Waals surface area contributed by atoms with Gasteiger partial charge in [-0.05, 0) is 24.3 Å². The van der Waals surface area contributed by atoms with Crippen molar-refractivity contribution in [2.75, 3.05) is 11.9 Å². The van der Waals surface area contributed by atoms with Crippen molar-refractivity contribution in [1.82, 2.24) is 4.98 Å². The van der Waals surface area contributed by atoms with Gasteiger partial charge in [0.2, 0.25) is 0 Å². The quantitative estimate of drug-likeness (QED) is 0.789. The lowest BCUT2D eigenvalue weighted by molar-refractivity contribution is 0.933.